The Morgan fingerprint density at radius 2 is 1.81 bits per heavy atom. The standard InChI is InChI=1S/C16H13BrN2O2/c1-20-16-9-14-12(8-13(16)17)15(6-7-19-14)21-11-4-2-10(18)3-5-11/h2-9H,18H2,1H3. The van der Waals surface area contributed by atoms with Crippen molar-refractivity contribution in [2.75, 3.05) is 12.8 Å². The lowest BCUT2D eigenvalue weighted by atomic mass is 10.2. The number of hydrogen-bond acceptors (Lipinski definition) is 4. The Morgan fingerprint density at radius 3 is 2.52 bits per heavy atom. The topological polar surface area (TPSA) is 57.4 Å². The summed E-state index contributed by atoms with van der Waals surface area (Å²) in [5, 5.41) is 0.905. The van der Waals surface area contributed by atoms with Crippen molar-refractivity contribution < 1.29 is 9.47 Å². The molecule has 0 spiro atoms. The number of nitrogens with zero attached hydrogens (tertiary/aromatic N) is 1. The SMILES string of the molecule is COc1cc2nccc(Oc3ccc(N)cc3)c2cc1Br. The van der Waals surface area contributed by atoms with E-state index in [9.17, 15) is 0 Å². The monoisotopic (exact) mass is 344 g/mol. The molecule has 0 fully saturated rings. The van der Waals surface area contributed by atoms with Crippen LogP contribution in [0.15, 0.2) is 53.1 Å². The van der Waals surface area contributed by atoms with E-state index in [0.717, 1.165) is 32.6 Å². The van der Waals surface area contributed by atoms with Gasteiger partial charge in [0.25, 0.3) is 0 Å². The molecule has 4 nitrogen and oxygen atoms in total. The molecule has 2 N–H and O–H groups in total. The van der Waals surface area contributed by atoms with Crippen LogP contribution in [0, 0.1) is 0 Å². The first-order chi connectivity index (χ1) is 10.2. The van der Waals surface area contributed by atoms with E-state index in [2.05, 4.69) is 20.9 Å². The molecule has 5 heteroatoms. The van der Waals surface area contributed by atoms with Crippen LogP contribution in [-0.4, -0.2) is 12.1 Å². The van der Waals surface area contributed by atoms with Gasteiger partial charge in [-0.1, -0.05) is 0 Å². The normalized spacial score (nSPS) is 10.6. The van der Waals surface area contributed by atoms with E-state index < -0.39 is 0 Å². The van der Waals surface area contributed by atoms with E-state index in [4.69, 9.17) is 15.2 Å². The fourth-order valence-electron chi connectivity index (χ4n) is 2.03. The van der Waals surface area contributed by atoms with Crippen molar-refractivity contribution in [3.05, 3.63) is 53.1 Å². The van der Waals surface area contributed by atoms with Crippen LogP contribution in [0.25, 0.3) is 10.9 Å². The molecule has 0 aliphatic carbocycles. The number of benzene rings is 2. The molecule has 0 amide bonds. The maximum absolute atomic E-state index is 5.92. The summed E-state index contributed by atoms with van der Waals surface area (Å²) in [7, 11) is 1.63. The Hall–Kier alpha value is -2.27. The molecule has 0 atom stereocenters. The molecular formula is C16H13BrN2O2. The minimum atomic E-state index is 0.703. The lowest BCUT2D eigenvalue weighted by molar-refractivity contribution is 0.412. The predicted octanol–water partition coefficient (Wildman–Crippen LogP) is 4.38. The summed E-state index contributed by atoms with van der Waals surface area (Å²) in [6, 6.07) is 12.9. The summed E-state index contributed by atoms with van der Waals surface area (Å²) in [5.74, 6) is 2.19. The van der Waals surface area contributed by atoms with Gasteiger partial charge in [-0.3, -0.25) is 4.98 Å². The van der Waals surface area contributed by atoms with E-state index in [1.54, 1.807) is 25.4 Å². The van der Waals surface area contributed by atoms with Gasteiger partial charge >= 0.3 is 0 Å². The highest BCUT2D eigenvalue weighted by atomic mass is 79.9. The molecule has 3 aromatic rings. The molecule has 2 aromatic carbocycles. The van der Waals surface area contributed by atoms with Crippen LogP contribution in [0.2, 0.25) is 0 Å². The second-order valence-electron chi connectivity index (χ2n) is 4.48. The fourth-order valence-corrected chi connectivity index (χ4v) is 2.54. The van der Waals surface area contributed by atoms with Crippen LogP contribution in [-0.2, 0) is 0 Å². The summed E-state index contributed by atoms with van der Waals surface area (Å²) in [4.78, 5) is 4.35. The summed E-state index contributed by atoms with van der Waals surface area (Å²) in [6.45, 7) is 0. The number of halogens is 1. The van der Waals surface area contributed by atoms with Gasteiger partial charge in [-0.05, 0) is 52.3 Å². The first kappa shape index (κ1) is 13.7. The highest BCUT2D eigenvalue weighted by molar-refractivity contribution is 9.10. The molecule has 0 radical (unpaired) electrons. The van der Waals surface area contributed by atoms with Crippen LogP contribution in [0.5, 0.6) is 17.2 Å². The maximum atomic E-state index is 5.92. The third-order valence-corrected chi connectivity index (χ3v) is 3.70. The van der Waals surface area contributed by atoms with Gasteiger partial charge in [0.05, 0.1) is 17.1 Å². The summed E-state index contributed by atoms with van der Waals surface area (Å²) >= 11 is 3.48. The summed E-state index contributed by atoms with van der Waals surface area (Å²) in [6.07, 6.45) is 1.71. The molecule has 1 aromatic heterocycles. The molecular weight excluding hydrogens is 332 g/mol. The molecule has 106 valence electrons. The van der Waals surface area contributed by atoms with Gasteiger partial charge < -0.3 is 15.2 Å². The fraction of sp³-hybridized carbons (Fsp3) is 0.0625. The Morgan fingerprint density at radius 1 is 1.05 bits per heavy atom. The van der Waals surface area contributed by atoms with E-state index >= 15 is 0 Å². The average molecular weight is 345 g/mol. The van der Waals surface area contributed by atoms with Gasteiger partial charge in [-0.2, -0.15) is 0 Å². The number of methoxy groups -OCH3 is 1. The lowest BCUT2D eigenvalue weighted by Crippen LogP contribution is -1.91. The zero-order chi connectivity index (χ0) is 14.8. The second kappa shape index (κ2) is 5.61. The van der Waals surface area contributed by atoms with Crippen LogP contribution in [0.1, 0.15) is 0 Å². The molecule has 1 heterocycles. The number of ether oxygens (including phenoxy) is 2. The highest BCUT2D eigenvalue weighted by Crippen LogP contribution is 2.35. The molecule has 0 saturated heterocycles. The molecule has 0 unspecified atom stereocenters. The Kier molecular flexibility index (Phi) is 3.66. The van der Waals surface area contributed by atoms with Gasteiger partial charge in [-0.25, -0.2) is 0 Å². The van der Waals surface area contributed by atoms with Gasteiger partial charge in [0.2, 0.25) is 0 Å². The number of nitrogen functional groups attached to an aromatic ring is 1. The van der Waals surface area contributed by atoms with Crippen molar-refractivity contribution in [3.63, 3.8) is 0 Å². The number of aromatic nitrogens is 1. The molecule has 0 saturated carbocycles. The van der Waals surface area contributed by atoms with Crippen LogP contribution in [0.4, 0.5) is 5.69 Å². The van der Waals surface area contributed by atoms with Crippen molar-refractivity contribution >= 4 is 32.5 Å². The summed E-state index contributed by atoms with van der Waals surface area (Å²) in [5.41, 5.74) is 7.19. The minimum absolute atomic E-state index is 0.703. The van der Waals surface area contributed by atoms with E-state index in [1.807, 2.05) is 30.3 Å². The Labute approximate surface area is 130 Å². The predicted molar refractivity (Wildman–Crippen MR) is 86.9 cm³/mol. The molecule has 0 aliphatic heterocycles. The van der Waals surface area contributed by atoms with Crippen LogP contribution in [0.3, 0.4) is 0 Å². The van der Waals surface area contributed by atoms with Crippen LogP contribution >= 0.6 is 15.9 Å². The third-order valence-electron chi connectivity index (χ3n) is 3.08. The van der Waals surface area contributed by atoms with Gasteiger partial charge in [0.1, 0.15) is 17.2 Å². The number of hydrogen-bond donors (Lipinski definition) is 1. The third kappa shape index (κ3) is 2.78. The number of rotatable bonds is 3. The smallest absolute Gasteiger partial charge is 0.138 e. The quantitative estimate of drug-likeness (QED) is 0.716. The number of pyridine rings is 1. The number of nitrogens with two attached hydrogens (primary N) is 1. The lowest BCUT2D eigenvalue weighted by Gasteiger charge is -2.10. The zero-order valence-electron chi connectivity index (χ0n) is 11.3. The number of fused-ring (bicyclic) bond motifs is 1. The van der Waals surface area contributed by atoms with E-state index in [1.165, 1.54) is 0 Å². The molecule has 0 aliphatic rings. The first-order valence-corrected chi connectivity index (χ1v) is 7.12. The van der Waals surface area contributed by atoms with Gasteiger partial charge in [0, 0.05) is 23.3 Å². The largest absolute Gasteiger partial charge is 0.495 e. The first-order valence-electron chi connectivity index (χ1n) is 6.33. The maximum Gasteiger partial charge on any atom is 0.138 e. The zero-order valence-corrected chi connectivity index (χ0v) is 12.9. The Balaban J connectivity index is 2.06. The van der Waals surface area contributed by atoms with Crippen molar-refractivity contribution in [2.45, 2.75) is 0 Å². The van der Waals surface area contributed by atoms with Crippen molar-refractivity contribution in [2.24, 2.45) is 0 Å². The molecule has 0 bridgehead atoms. The minimum Gasteiger partial charge on any atom is -0.495 e. The highest BCUT2D eigenvalue weighted by Gasteiger charge is 2.09. The molecule has 3 rings (SSSR count). The Bertz CT molecular complexity index is 788. The molecule has 21 heavy (non-hydrogen) atoms. The summed E-state index contributed by atoms with van der Waals surface area (Å²) < 4.78 is 12.1. The van der Waals surface area contributed by atoms with Gasteiger partial charge in [0.15, 0.2) is 0 Å². The number of anilines is 1. The van der Waals surface area contributed by atoms with Crippen molar-refractivity contribution in [1.82, 2.24) is 4.98 Å². The van der Waals surface area contributed by atoms with Crippen LogP contribution < -0.4 is 15.2 Å². The van der Waals surface area contributed by atoms with Crippen molar-refractivity contribution in [1.29, 1.82) is 0 Å². The second-order valence-corrected chi connectivity index (χ2v) is 5.34. The average Bonchev–Trinajstić information content (AvgIpc) is 2.49. The van der Waals surface area contributed by atoms with E-state index in [0.29, 0.717) is 5.69 Å². The van der Waals surface area contributed by atoms with E-state index in [-0.39, 0.29) is 0 Å². The van der Waals surface area contributed by atoms with Gasteiger partial charge in [-0.15, -0.1) is 0 Å². The van der Waals surface area contributed by atoms with Crippen molar-refractivity contribution in [3.8, 4) is 17.2 Å².